The van der Waals surface area contributed by atoms with Crippen LogP contribution in [0.4, 0.5) is 0 Å². The van der Waals surface area contributed by atoms with Gasteiger partial charge in [-0.05, 0) is 84.9 Å². The van der Waals surface area contributed by atoms with Crippen molar-refractivity contribution in [3.8, 4) is 0 Å². The number of nitrogens with zero attached hydrogens (tertiary/aromatic N) is 1. The third-order valence-electron chi connectivity index (χ3n) is 6.93. The molecule has 0 radical (unpaired) electrons. The van der Waals surface area contributed by atoms with Crippen molar-refractivity contribution in [1.29, 1.82) is 0 Å². The number of rotatable bonds is 4. The molecule has 7 heteroatoms. The Morgan fingerprint density at radius 2 is 1.05 bits per heavy atom. The van der Waals surface area contributed by atoms with Crippen molar-refractivity contribution in [3.63, 3.8) is 0 Å². The van der Waals surface area contributed by atoms with Crippen molar-refractivity contribution >= 4 is 87.2 Å². The summed E-state index contributed by atoms with van der Waals surface area (Å²) < 4.78 is 15.6. The van der Waals surface area contributed by atoms with E-state index in [0.29, 0.717) is 22.3 Å². The van der Waals surface area contributed by atoms with Crippen molar-refractivity contribution in [1.82, 2.24) is 4.57 Å². The van der Waals surface area contributed by atoms with E-state index in [1.54, 1.807) is 12.1 Å². The molecule has 7 aromatic rings. The molecule has 0 saturated heterocycles. The lowest BCUT2D eigenvalue weighted by Gasteiger charge is -2.00. The van der Waals surface area contributed by atoms with Crippen LogP contribution < -0.4 is 0 Å². The van der Waals surface area contributed by atoms with Gasteiger partial charge < -0.3 is 13.4 Å². The molecule has 4 aromatic carbocycles. The zero-order chi connectivity index (χ0) is 26.1. The highest BCUT2D eigenvalue weighted by Crippen LogP contribution is 2.32. The number of carbonyl (C=O) groups excluding carboxylic acids is 2. The molecule has 0 aliphatic heterocycles. The number of furan rings is 2. The van der Waals surface area contributed by atoms with E-state index in [1.165, 1.54) is 0 Å². The average Bonchev–Trinajstić information content (AvgIpc) is 3.61. The van der Waals surface area contributed by atoms with Crippen LogP contribution in [0.5, 0.6) is 0 Å². The van der Waals surface area contributed by atoms with E-state index < -0.39 is 0 Å². The molecule has 0 aliphatic rings. The number of fused-ring (bicyclic) bond motifs is 5. The van der Waals surface area contributed by atoms with Gasteiger partial charge in [0.25, 0.3) is 0 Å². The maximum absolute atomic E-state index is 13.4. The summed E-state index contributed by atoms with van der Waals surface area (Å²) in [6.45, 7) is 0. The highest BCUT2D eigenvalue weighted by molar-refractivity contribution is 9.10. The predicted molar refractivity (Wildman–Crippen MR) is 155 cm³/mol. The fraction of sp³-hybridized carbons (Fsp3) is 0.0323. The lowest BCUT2D eigenvalue weighted by Crippen LogP contribution is -1.99. The SMILES string of the molecule is Cn1c2ccc(C(=O)c3cc4cc(Br)ccc4o3)cc2c2cc(C(=O)c3cc4cc(Br)ccc4o3)ccc21. The lowest BCUT2D eigenvalue weighted by atomic mass is 10.0. The summed E-state index contributed by atoms with van der Waals surface area (Å²) in [6.07, 6.45) is 0. The summed E-state index contributed by atoms with van der Waals surface area (Å²) >= 11 is 6.92. The molecule has 0 bridgehead atoms. The molecule has 3 aromatic heterocycles. The van der Waals surface area contributed by atoms with Crippen LogP contribution in [0.1, 0.15) is 32.2 Å². The largest absolute Gasteiger partial charge is 0.453 e. The molecule has 0 saturated carbocycles. The minimum absolute atomic E-state index is 0.197. The van der Waals surface area contributed by atoms with Crippen LogP contribution in [-0.4, -0.2) is 16.1 Å². The smallest absolute Gasteiger partial charge is 0.228 e. The van der Waals surface area contributed by atoms with E-state index in [1.807, 2.05) is 79.8 Å². The van der Waals surface area contributed by atoms with Crippen molar-refractivity contribution < 1.29 is 18.4 Å². The van der Waals surface area contributed by atoms with Crippen LogP contribution in [0.2, 0.25) is 0 Å². The Balaban J connectivity index is 1.32. The van der Waals surface area contributed by atoms with E-state index in [0.717, 1.165) is 41.5 Å². The Bertz CT molecular complexity index is 1960. The van der Waals surface area contributed by atoms with Crippen molar-refractivity contribution in [2.75, 3.05) is 0 Å². The van der Waals surface area contributed by atoms with Crippen LogP contribution in [-0.2, 0) is 7.05 Å². The first kappa shape index (κ1) is 23.2. The number of aromatic nitrogens is 1. The van der Waals surface area contributed by atoms with Crippen LogP contribution in [0.3, 0.4) is 0 Å². The van der Waals surface area contributed by atoms with E-state index in [-0.39, 0.29) is 23.1 Å². The molecule has 0 spiro atoms. The van der Waals surface area contributed by atoms with Gasteiger partial charge in [-0.2, -0.15) is 0 Å². The second-order valence-electron chi connectivity index (χ2n) is 9.27. The van der Waals surface area contributed by atoms with E-state index >= 15 is 0 Å². The maximum Gasteiger partial charge on any atom is 0.228 e. The Hall–Kier alpha value is -3.94. The molecule has 5 nitrogen and oxygen atoms in total. The number of hydrogen-bond acceptors (Lipinski definition) is 4. The summed E-state index contributed by atoms with van der Waals surface area (Å²) in [5, 5.41) is 3.48. The summed E-state index contributed by atoms with van der Waals surface area (Å²) in [7, 11) is 1.97. The number of ketones is 2. The lowest BCUT2D eigenvalue weighted by molar-refractivity contribution is 0.100. The Kier molecular flexibility index (Phi) is 5.22. The van der Waals surface area contributed by atoms with Crippen LogP contribution in [0.15, 0.2) is 103 Å². The minimum atomic E-state index is -0.197. The van der Waals surface area contributed by atoms with Gasteiger partial charge in [0.05, 0.1) is 0 Å². The first-order valence-corrected chi connectivity index (χ1v) is 13.4. The van der Waals surface area contributed by atoms with Gasteiger partial charge in [0.1, 0.15) is 11.2 Å². The topological polar surface area (TPSA) is 65.3 Å². The molecule has 7 rings (SSSR count). The fourth-order valence-electron chi connectivity index (χ4n) is 5.04. The molecule has 0 unspecified atom stereocenters. The molecule has 0 fully saturated rings. The number of carbonyl (C=O) groups is 2. The Morgan fingerprint density at radius 3 is 1.50 bits per heavy atom. The number of aryl methyl sites for hydroxylation is 1. The number of hydrogen-bond donors (Lipinski definition) is 0. The Morgan fingerprint density at radius 1 is 0.605 bits per heavy atom. The van der Waals surface area contributed by atoms with Gasteiger partial charge in [0.15, 0.2) is 11.5 Å². The van der Waals surface area contributed by atoms with Gasteiger partial charge in [0.2, 0.25) is 11.6 Å². The van der Waals surface area contributed by atoms with Crippen molar-refractivity contribution in [2.24, 2.45) is 7.05 Å². The summed E-state index contributed by atoms with van der Waals surface area (Å²) in [6, 6.07) is 26.0. The fourth-order valence-corrected chi connectivity index (χ4v) is 5.80. The van der Waals surface area contributed by atoms with Crippen molar-refractivity contribution in [2.45, 2.75) is 0 Å². The second kappa shape index (κ2) is 8.55. The van der Waals surface area contributed by atoms with Crippen LogP contribution in [0.25, 0.3) is 43.7 Å². The predicted octanol–water partition coefficient (Wildman–Crippen LogP) is 8.81. The third-order valence-corrected chi connectivity index (χ3v) is 7.92. The molecule has 3 heterocycles. The summed E-state index contributed by atoms with van der Waals surface area (Å²) in [4.78, 5) is 26.7. The van der Waals surface area contributed by atoms with Crippen LogP contribution >= 0.6 is 31.9 Å². The molecule has 0 atom stereocenters. The molecular formula is C31H17Br2NO4. The van der Waals surface area contributed by atoms with Gasteiger partial charge >= 0.3 is 0 Å². The van der Waals surface area contributed by atoms with Crippen molar-refractivity contribution in [3.05, 3.63) is 117 Å². The quantitative estimate of drug-likeness (QED) is 0.183. The zero-order valence-corrected chi connectivity index (χ0v) is 23.1. The molecule has 0 amide bonds. The first-order valence-electron chi connectivity index (χ1n) is 11.9. The summed E-state index contributed by atoms with van der Waals surface area (Å²) in [5.41, 5.74) is 4.27. The Labute approximate surface area is 232 Å². The first-order chi connectivity index (χ1) is 18.4. The minimum Gasteiger partial charge on any atom is -0.453 e. The number of halogens is 2. The third kappa shape index (κ3) is 3.65. The summed E-state index contributed by atoms with van der Waals surface area (Å²) in [5.74, 6) is 0.170. The molecule has 38 heavy (non-hydrogen) atoms. The molecule has 184 valence electrons. The van der Waals surface area contributed by atoms with Crippen LogP contribution in [0, 0.1) is 0 Å². The highest BCUT2D eigenvalue weighted by Gasteiger charge is 2.20. The van der Waals surface area contributed by atoms with E-state index in [9.17, 15) is 9.59 Å². The number of benzene rings is 4. The van der Waals surface area contributed by atoms with Gasteiger partial charge in [-0.25, -0.2) is 0 Å². The zero-order valence-electron chi connectivity index (χ0n) is 19.9. The van der Waals surface area contributed by atoms with Gasteiger partial charge in [-0.15, -0.1) is 0 Å². The molecule has 0 N–H and O–H groups in total. The van der Waals surface area contributed by atoms with Gasteiger partial charge in [-0.1, -0.05) is 31.9 Å². The highest BCUT2D eigenvalue weighted by atomic mass is 79.9. The monoisotopic (exact) mass is 625 g/mol. The molecular weight excluding hydrogens is 610 g/mol. The average molecular weight is 627 g/mol. The second-order valence-corrected chi connectivity index (χ2v) is 11.1. The van der Waals surface area contributed by atoms with Gasteiger partial charge in [-0.3, -0.25) is 9.59 Å². The van der Waals surface area contributed by atoms with Gasteiger partial charge in [0, 0.05) is 59.7 Å². The normalized spacial score (nSPS) is 11.8. The van der Waals surface area contributed by atoms with E-state index in [4.69, 9.17) is 8.83 Å². The molecule has 0 aliphatic carbocycles. The standard InChI is InChI=1S/C31H17Br2NO4/c1-34-24-6-2-16(30(35)28-14-18-10-20(32)4-8-26(18)37-28)12-22(24)23-13-17(3-7-25(23)34)31(36)29-15-19-11-21(33)5-9-27(19)38-29/h2-15H,1H3. The van der Waals surface area contributed by atoms with E-state index in [2.05, 4.69) is 36.4 Å². The maximum atomic E-state index is 13.4.